The summed E-state index contributed by atoms with van der Waals surface area (Å²) in [5.74, 6) is -3.65. The molecule has 0 aliphatic rings. The molecule has 0 unspecified atom stereocenters. The number of nitro groups is 1. The van der Waals surface area contributed by atoms with E-state index >= 15 is 0 Å². The van der Waals surface area contributed by atoms with Crippen molar-refractivity contribution in [3.05, 3.63) is 39.9 Å². The molecule has 0 aromatic heterocycles. The second-order valence-corrected chi connectivity index (χ2v) is 5.09. The van der Waals surface area contributed by atoms with Crippen LogP contribution in [0.5, 0.6) is 0 Å². The number of nitrogens with one attached hydrogen (secondary N) is 1. The van der Waals surface area contributed by atoms with Gasteiger partial charge in [0.1, 0.15) is 0 Å². The highest BCUT2D eigenvalue weighted by Gasteiger charge is 2.04. The van der Waals surface area contributed by atoms with E-state index < -0.39 is 11.9 Å². The fraction of sp³-hybridized carbons (Fsp3) is 0.500. The highest BCUT2D eigenvalue weighted by molar-refractivity contribution is 6.27. The van der Waals surface area contributed by atoms with Crippen LogP contribution in [-0.2, 0) is 16.1 Å². The van der Waals surface area contributed by atoms with Gasteiger partial charge >= 0.3 is 11.9 Å². The minimum atomic E-state index is -1.82. The Bertz CT molecular complexity index is 531. The summed E-state index contributed by atoms with van der Waals surface area (Å²) in [6, 6.07) is 6.70. The fourth-order valence-corrected chi connectivity index (χ4v) is 1.94. The number of nitrogens with zero attached hydrogens (tertiary/aromatic N) is 2. The monoisotopic (exact) mass is 355 g/mol. The van der Waals surface area contributed by atoms with Crippen molar-refractivity contribution in [3.63, 3.8) is 0 Å². The predicted octanol–water partition coefficient (Wildman–Crippen LogP) is 1.57. The van der Waals surface area contributed by atoms with Crippen molar-refractivity contribution in [3.8, 4) is 0 Å². The van der Waals surface area contributed by atoms with E-state index in [2.05, 4.69) is 24.1 Å². The lowest BCUT2D eigenvalue weighted by Crippen LogP contribution is -2.27. The third-order valence-electron chi connectivity index (χ3n) is 3.38. The van der Waals surface area contributed by atoms with E-state index in [1.54, 1.807) is 24.3 Å². The molecule has 140 valence electrons. The molecule has 0 radical (unpaired) electrons. The van der Waals surface area contributed by atoms with Gasteiger partial charge in [-0.1, -0.05) is 26.0 Å². The largest absolute Gasteiger partial charge is 0.473 e. The zero-order chi connectivity index (χ0) is 19.2. The normalized spacial score (nSPS) is 10.0. The van der Waals surface area contributed by atoms with Crippen LogP contribution in [0.1, 0.15) is 25.8 Å². The molecule has 0 amide bonds. The summed E-state index contributed by atoms with van der Waals surface area (Å²) in [5.41, 5.74) is 1.22. The van der Waals surface area contributed by atoms with Crippen molar-refractivity contribution in [1.82, 2.24) is 10.2 Å². The Kier molecular flexibility index (Phi) is 11.6. The van der Waals surface area contributed by atoms with Gasteiger partial charge in [-0.3, -0.25) is 10.1 Å². The SMILES string of the molecule is CCN(CC)CCCNCc1ccc([N+](=O)[O-])cc1.O=C(O)C(=O)O. The van der Waals surface area contributed by atoms with Crippen LogP contribution in [0.15, 0.2) is 24.3 Å². The van der Waals surface area contributed by atoms with E-state index in [1.165, 1.54) is 0 Å². The Hall–Kier alpha value is -2.52. The van der Waals surface area contributed by atoms with Gasteiger partial charge in [-0.25, -0.2) is 9.59 Å². The number of carboxylic acids is 2. The van der Waals surface area contributed by atoms with Gasteiger partial charge in [0, 0.05) is 18.7 Å². The van der Waals surface area contributed by atoms with Gasteiger partial charge in [-0.2, -0.15) is 0 Å². The number of nitro benzene ring substituents is 1. The van der Waals surface area contributed by atoms with Crippen LogP contribution < -0.4 is 5.32 Å². The smallest absolute Gasteiger partial charge is 0.414 e. The quantitative estimate of drug-likeness (QED) is 0.263. The lowest BCUT2D eigenvalue weighted by Gasteiger charge is -2.17. The molecule has 0 aliphatic heterocycles. The van der Waals surface area contributed by atoms with Crippen LogP contribution in [0.4, 0.5) is 5.69 Å². The minimum absolute atomic E-state index is 0.144. The average molecular weight is 355 g/mol. The molecule has 9 heteroatoms. The molecule has 0 atom stereocenters. The highest BCUT2D eigenvalue weighted by atomic mass is 16.6. The van der Waals surface area contributed by atoms with Crippen LogP contribution in [0, 0.1) is 10.1 Å². The summed E-state index contributed by atoms with van der Waals surface area (Å²) >= 11 is 0. The van der Waals surface area contributed by atoms with Crippen molar-refractivity contribution in [1.29, 1.82) is 0 Å². The van der Waals surface area contributed by atoms with Crippen LogP contribution in [0.3, 0.4) is 0 Å². The summed E-state index contributed by atoms with van der Waals surface area (Å²) in [7, 11) is 0. The molecule has 1 aromatic rings. The average Bonchev–Trinajstić information content (AvgIpc) is 2.59. The number of hydrogen-bond acceptors (Lipinski definition) is 6. The molecule has 0 saturated heterocycles. The van der Waals surface area contributed by atoms with Gasteiger partial charge in [-0.15, -0.1) is 0 Å². The van der Waals surface area contributed by atoms with Gasteiger partial charge in [0.15, 0.2) is 0 Å². The van der Waals surface area contributed by atoms with Crippen molar-refractivity contribution in [2.75, 3.05) is 26.2 Å². The molecule has 0 spiro atoms. The molecule has 1 aromatic carbocycles. The van der Waals surface area contributed by atoms with E-state index in [4.69, 9.17) is 19.8 Å². The first-order chi connectivity index (χ1) is 11.8. The van der Waals surface area contributed by atoms with Gasteiger partial charge in [0.25, 0.3) is 5.69 Å². The van der Waals surface area contributed by atoms with Crippen molar-refractivity contribution in [2.24, 2.45) is 0 Å². The lowest BCUT2D eigenvalue weighted by molar-refractivity contribution is -0.384. The lowest BCUT2D eigenvalue weighted by atomic mass is 10.2. The van der Waals surface area contributed by atoms with Gasteiger partial charge in [0.05, 0.1) is 4.92 Å². The zero-order valence-corrected chi connectivity index (χ0v) is 14.5. The molecular weight excluding hydrogens is 330 g/mol. The van der Waals surface area contributed by atoms with Gasteiger partial charge in [-0.05, 0) is 38.2 Å². The number of benzene rings is 1. The molecule has 0 fully saturated rings. The zero-order valence-electron chi connectivity index (χ0n) is 14.5. The van der Waals surface area contributed by atoms with Crippen LogP contribution in [0.2, 0.25) is 0 Å². The third-order valence-corrected chi connectivity index (χ3v) is 3.38. The predicted molar refractivity (Wildman–Crippen MR) is 92.5 cm³/mol. The Morgan fingerprint density at radius 3 is 2.04 bits per heavy atom. The fourth-order valence-electron chi connectivity index (χ4n) is 1.94. The Balaban J connectivity index is 0.000000823. The third kappa shape index (κ3) is 10.8. The van der Waals surface area contributed by atoms with E-state index in [-0.39, 0.29) is 10.6 Å². The molecule has 9 nitrogen and oxygen atoms in total. The van der Waals surface area contributed by atoms with Crippen LogP contribution in [0.25, 0.3) is 0 Å². The molecule has 25 heavy (non-hydrogen) atoms. The molecule has 1 rings (SSSR count). The summed E-state index contributed by atoms with van der Waals surface area (Å²) in [5, 5.41) is 28.7. The summed E-state index contributed by atoms with van der Waals surface area (Å²) < 4.78 is 0. The topological polar surface area (TPSA) is 133 Å². The number of carbonyl (C=O) groups is 2. The number of hydrogen-bond donors (Lipinski definition) is 3. The van der Waals surface area contributed by atoms with Gasteiger partial charge in [0.2, 0.25) is 0 Å². The highest BCUT2D eigenvalue weighted by Crippen LogP contribution is 2.11. The first kappa shape index (κ1) is 22.5. The van der Waals surface area contributed by atoms with Crippen LogP contribution in [-0.4, -0.2) is 58.2 Å². The van der Waals surface area contributed by atoms with E-state index in [0.29, 0.717) is 0 Å². The standard InChI is InChI=1S/C14H23N3O2.C2H2O4/c1-3-16(4-2)11-5-10-15-12-13-6-8-14(9-7-13)17(18)19;3-1(4)2(5)6/h6-9,15H,3-5,10-12H2,1-2H3;(H,3,4)(H,5,6). The summed E-state index contributed by atoms with van der Waals surface area (Å²) in [4.78, 5) is 30.7. The summed E-state index contributed by atoms with van der Waals surface area (Å²) in [6.07, 6.45) is 1.12. The van der Waals surface area contributed by atoms with E-state index in [9.17, 15) is 10.1 Å². The molecular formula is C16H25N3O6. The number of rotatable bonds is 9. The molecule has 0 aliphatic carbocycles. The van der Waals surface area contributed by atoms with Crippen LogP contribution >= 0.6 is 0 Å². The number of carboxylic acid groups (broad SMARTS) is 2. The maximum Gasteiger partial charge on any atom is 0.414 e. The molecule has 0 saturated carbocycles. The van der Waals surface area contributed by atoms with E-state index in [0.717, 1.165) is 44.7 Å². The Morgan fingerprint density at radius 2 is 1.64 bits per heavy atom. The van der Waals surface area contributed by atoms with Crippen molar-refractivity contribution in [2.45, 2.75) is 26.8 Å². The second-order valence-electron chi connectivity index (χ2n) is 5.09. The van der Waals surface area contributed by atoms with Crippen molar-refractivity contribution < 1.29 is 24.7 Å². The summed E-state index contributed by atoms with van der Waals surface area (Å²) in [6.45, 7) is 9.38. The molecule has 0 bridgehead atoms. The van der Waals surface area contributed by atoms with E-state index in [1.807, 2.05) is 0 Å². The van der Waals surface area contributed by atoms with Crippen molar-refractivity contribution >= 4 is 17.6 Å². The maximum absolute atomic E-state index is 10.5. The minimum Gasteiger partial charge on any atom is -0.473 e. The molecule has 3 N–H and O–H groups in total. The number of non-ortho nitro benzene ring substituents is 1. The van der Waals surface area contributed by atoms with Gasteiger partial charge < -0.3 is 20.4 Å². The Morgan fingerprint density at radius 1 is 1.12 bits per heavy atom. The maximum atomic E-state index is 10.5. The Labute approximate surface area is 146 Å². The molecule has 0 heterocycles. The second kappa shape index (κ2) is 12.8. The first-order valence-electron chi connectivity index (χ1n) is 7.94. The first-order valence-corrected chi connectivity index (χ1v) is 7.94. The number of aliphatic carboxylic acids is 2.